The Kier molecular flexibility index (Phi) is 3.80. The molecular formula is C20H20N4OS. The Morgan fingerprint density at radius 1 is 1.31 bits per heavy atom. The molecule has 1 aliphatic heterocycles. The van der Waals surface area contributed by atoms with Crippen molar-refractivity contribution in [3.63, 3.8) is 0 Å². The van der Waals surface area contributed by atoms with Gasteiger partial charge in [0.05, 0.1) is 5.69 Å². The number of rotatable bonds is 4. The molecule has 2 fully saturated rings. The average Bonchev–Trinajstić information content (AvgIpc) is 3.11. The molecule has 132 valence electrons. The van der Waals surface area contributed by atoms with Crippen LogP contribution in [0, 0.1) is 0 Å². The summed E-state index contributed by atoms with van der Waals surface area (Å²) in [4.78, 5) is 21.1. The second-order valence-corrected chi connectivity index (χ2v) is 7.26. The van der Waals surface area contributed by atoms with Crippen molar-refractivity contribution in [3.8, 4) is 0 Å². The molecule has 1 spiro atoms. The van der Waals surface area contributed by atoms with E-state index >= 15 is 0 Å². The lowest BCUT2D eigenvalue weighted by Gasteiger charge is -2.43. The van der Waals surface area contributed by atoms with Gasteiger partial charge < -0.3 is 9.30 Å². The Hall–Kier alpha value is -2.73. The van der Waals surface area contributed by atoms with E-state index < -0.39 is 5.54 Å². The van der Waals surface area contributed by atoms with Crippen LogP contribution < -0.4 is 4.90 Å². The number of carbonyl (C=O) groups is 1. The molecule has 0 atom stereocenters. The van der Waals surface area contributed by atoms with Crippen molar-refractivity contribution in [1.82, 2.24) is 14.3 Å². The number of hydrogen-bond acceptors (Lipinski definition) is 3. The van der Waals surface area contributed by atoms with Crippen molar-refractivity contribution >= 4 is 34.6 Å². The third kappa shape index (κ3) is 2.33. The maximum absolute atomic E-state index is 13.3. The summed E-state index contributed by atoms with van der Waals surface area (Å²) >= 11 is 5.72. The first-order valence-electron chi connectivity index (χ1n) is 8.58. The molecule has 1 aliphatic carbocycles. The maximum atomic E-state index is 13.3. The largest absolute Gasteiger partial charge is 0.305 e. The Morgan fingerprint density at radius 2 is 2.08 bits per heavy atom. The van der Waals surface area contributed by atoms with Crippen LogP contribution in [-0.2, 0) is 4.79 Å². The number of imidazole rings is 1. The molecular weight excluding hydrogens is 344 g/mol. The van der Waals surface area contributed by atoms with Gasteiger partial charge in [0.25, 0.3) is 5.91 Å². The van der Waals surface area contributed by atoms with E-state index in [9.17, 15) is 4.79 Å². The van der Waals surface area contributed by atoms with Crippen LogP contribution in [0.4, 0.5) is 5.69 Å². The SMILES string of the molecule is C=C(C)/C=C\C(=C)N1C(=S)N(c2ccc3nccn3c2)C(=O)C12CCC2. The number of thiocarbonyl (C=S) groups is 1. The molecule has 1 saturated carbocycles. The van der Waals surface area contributed by atoms with Crippen molar-refractivity contribution in [2.75, 3.05) is 4.90 Å². The van der Waals surface area contributed by atoms with Crippen LogP contribution in [0.25, 0.3) is 5.65 Å². The van der Waals surface area contributed by atoms with Gasteiger partial charge in [-0.1, -0.05) is 24.8 Å². The lowest BCUT2D eigenvalue weighted by atomic mass is 9.75. The first-order valence-corrected chi connectivity index (χ1v) is 8.99. The Balaban J connectivity index is 1.75. The minimum Gasteiger partial charge on any atom is -0.305 e. The van der Waals surface area contributed by atoms with E-state index in [0.29, 0.717) is 5.11 Å². The summed E-state index contributed by atoms with van der Waals surface area (Å²) in [7, 11) is 0. The molecule has 2 aliphatic rings. The summed E-state index contributed by atoms with van der Waals surface area (Å²) in [6.07, 6.45) is 11.8. The number of fused-ring (bicyclic) bond motifs is 1. The van der Waals surface area contributed by atoms with Gasteiger partial charge in [0.1, 0.15) is 11.2 Å². The summed E-state index contributed by atoms with van der Waals surface area (Å²) in [6, 6.07) is 3.77. The van der Waals surface area contributed by atoms with E-state index in [1.54, 1.807) is 11.1 Å². The van der Waals surface area contributed by atoms with Crippen molar-refractivity contribution in [2.24, 2.45) is 0 Å². The minimum absolute atomic E-state index is 0.0260. The molecule has 0 unspecified atom stereocenters. The highest BCUT2D eigenvalue weighted by molar-refractivity contribution is 7.80. The number of allylic oxidation sites excluding steroid dienone is 3. The van der Waals surface area contributed by atoms with Gasteiger partial charge in [0, 0.05) is 24.3 Å². The zero-order valence-corrected chi connectivity index (χ0v) is 15.5. The summed E-state index contributed by atoms with van der Waals surface area (Å²) in [5, 5.41) is 0.477. The van der Waals surface area contributed by atoms with E-state index in [1.807, 2.05) is 52.9 Å². The fraction of sp³-hybridized carbons (Fsp3) is 0.250. The lowest BCUT2D eigenvalue weighted by Crippen LogP contribution is -2.54. The van der Waals surface area contributed by atoms with Crippen LogP contribution in [0.2, 0.25) is 0 Å². The highest BCUT2D eigenvalue weighted by Gasteiger charge is 2.59. The van der Waals surface area contributed by atoms with E-state index in [1.165, 1.54) is 0 Å². The zero-order valence-electron chi connectivity index (χ0n) is 14.7. The molecule has 1 saturated heterocycles. The van der Waals surface area contributed by atoms with E-state index in [2.05, 4.69) is 18.1 Å². The summed E-state index contributed by atoms with van der Waals surface area (Å²) in [5.41, 5.74) is 2.62. The van der Waals surface area contributed by atoms with Crippen LogP contribution in [0.5, 0.6) is 0 Å². The number of carbonyl (C=O) groups excluding carboxylic acids is 1. The standard InChI is InChI=1S/C20H20N4OS/c1-14(2)5-6-15(3)24-19(26)23(18(25)20(24)9-4-10-20)16-7-8-17-21-11-12-22(17)13-16/h5-8,11-13H,1,3-4,9-10H2,2H3/b6-5-. The normalized spacial score (nSPS) is 19.0. The van der Waals surface area contributed by atoms with Gasteiger partial charge >= 0.3 is 0 Å². The molecule has 0 N–H and O–H groups in total. The predicted molar refractivity (Wildman–Crippen MR) is 107 cm³/mol. The highest BCUT2D eigenvalue weighted by atomic mass is 32.1. The van der Waals surface area contributed by atoms with Gasteiger partial charge in [-0.25, -0.2) is 4.98 Å². The fourth-order valence-corrected chi connectivity index (χ4v) is 4.08. The molecule has 5 nitrogen and oxygen atoms in total. The average molecular weight is 364 g/mol. The third-order valence-corrected chi connectivity index (χ3v) is 5.44. The third-order valence-electron chi connectivity index (χ3n) is 5.07. The predicted octanol–water partition coefficient (Wildman–Crippen LogP) is 3.84. The number of nitrogens with zero attached hydrogens (tertiary/aromatic N) is 4. The summed E-state index contributed by atoms with van der Waals surface area (Å²) in [5.74, 6) is 0.0260. The molecule has 0 radical (unpaired) electrons. The van der Waals surface area contributed by atoms with Crippen molar-refractivity contribution in [3.05, 3.63) is 67.3 Å². The molecule has 2 aromatic heterocycles. The van der Waals surface area contributed by atoms with Gasteiger partial charge in [0.2, 0.25) is 0 Å². The number of amides is 1. The van der Waals surface area contributed by atoms with E-state index in [-0.39, 0.29) is 5.91 Å². The van der Waals surface area contributed by atoms with Gasteiger partial charge in [0.15, 0.2) is 5.11 Å². The van der Waals surface area contributed by atoms with Crippen LogP contribution >= 0.6 is 12.2 Å². The Bertz CT molecular complexity index is 983. The highest BCUT2D eigenvalue weighted by Crippen LogP contribution is 2.47. The monoisotopic (exact) mass is 364 g/mol. The second-order valence-electron chi connectivity index (χ2n) is 6.89. The minimum atomic E-state index is -0.600. The second kappa shape index (κ2) is 5.92. The van der Waals surface area contributed by atoms with Crippen LogP contribution in [-0.4, -0.2) is 30.8 Å². The van der Waals surface area contributed by atoms with E-state index in [0.717, 1.165) is 41.9 Å². The first kappa shape index (κ1) is 16.7. The molecule has 0 bridgehead atoms. The first-order chi connectivity index (χ1) is 12.4. The van der Waals surface area contributed by atoms with Gasteiger partial charge in [-0.05, 0) is 56.6 Å². The Morgan fingerprint density at radius 3 is 2.73 bits per heavy atom. The molecule has 1 amide bonds. The number of aromatic nitrogens is 2. The smallest absolute Gasteiger partial charge is 0.259 e. The van der Waals surface area contributed by atoms with Crippen molar-refractivity contribution in [2.45, 2.75) is 31.7 Å². The molecule has 2 aromatic rings. The van der Waals surface area contributed by atoms with E-state index in [4.69, 9.17) is 12.2 Å². The number of anilines is 1. The van der Waals surface area contributed by atoms with Crippen molar-refractivity contribution in [1.29, 1.82) is 0 Å². The van der Waals surface area contributed by atoms with Gasteiger partial charge in [-0.15, -0.1) is 0 Å². The number of pyridine rings is 1. The van der Waals surface area contributed by atoms with Crippen LogP contribution in [0.15, 0.2) is 67.3 Å². The molecule has 0 aromatic carbocycles. The lowest BCUT2D eigenvalue weighted by molar-refractivity contribution is -0.128. The van der Waals surface area contributed by atoms with Crippen LogP contribution in [0.3, 0.4) is 0 Å². The Labute approximate surface area is 157 Å². The molecule has 6 heteroatoms. The van der Waals surface area contributed by atoms with Crippen molar-refractivity contribution < 1.29 is 4.79 Å². The fourth-order valence-electron chi connectivity index (χ4n) is 3.60. The molecule has 4 rings (SSSR count). The quantitative estimate of drug-likeness (QED) is 0.611. The maximum Gasteiger partial charge on any atom is 0.259 e. The molecule has 3 heterocycles. The summed E-state index contributed by atoms with van der Waals surface area (Å²) in [6.45, 7) is 9.96. The number of hydrogen-bond donors (Lipinski definition) is 0. The topological polar surface area (TPSA) is 40.9 Å². The van der Waals surface area contributed by atoms with Crippen LogP contribution in [0.1, 0.15) is 26.2 Å². The summed E-state index contributed by atoms with van der Waals surface area (Å²) < 4.78 is 1.89. The molecule has 26 heavy (non-hydrogen) atoms. The van der Waals surface area contributed by atoms with Gasteiger partial charge in [-0.2, -0.15) is 0 Å². The van der Waals surface area contributed by atoms with Gasteiger partial charge in [-0.3, -0.25) is 9.69 Å². The zero-order chi connectivity index (χ0) is 18.5.